The zero-order valence-electron chi connectivity index (χ0n) is 23.0. The van der Waals surface area contributed by atoms with E-state index in [9.17, 15) is 14.7 Å². The Bertz CT molecular complexity index is 1750. The Morgan fingerprint density at radius 1 is 0.854 bits per heavy atom. The number of carboxylic acids is 1. The van der Waals surface area contributed by atoms with Crippen LogP contribution in [0.1, 0.15) is 45.1 Å². The van der Waals surface area contributed by atoms with Gasteiger partial charge >= 0.3 is 5.97 Å². The van der Waals surface area contributed by atoms with Crippen LogP contribution >= 0.6 is 0 Å². The van der Waals surface area contributed by atoms with Gasteiger partial charge in [-0.3, -0.25) is 9.78 Å². The van der Waals surface area contributed by atoms with Gasteiger partial charge in [0, 0.05) is 28.8 Å². The summed E-state index contributed by atoms with van der Waals surface area (Å²) in [6.45, 7) is 5.79. The molecule has 0 fully saturated rings. The van der Waals surface area contributed by atoms with Crippen LogP contribution < -0.4 is 9.47 Å². The first-order valence-corrected chi connectivity index (χ1v) is 13.2. The molecule has 0 aliphatic heterocycles. The zero-order chi connectivity index (χ0) is 28.9. The minimum Gasteiger partial charge on any atom is -0.489 e. The largest absolute Gasteiger partial charge is 0.489 e. The molecular formula is C35H29NO5. The molecule has 1 aromatic heterocycles. The van der Waals surface area contributed by atoms with Crippen molar-refractivity contribution < 1.29 is 24.2 Å². The van der Waals surface area contributed by atoms with Crippen LogP contribution in [0.15, 0.2) is 103 Å². The van der Waals surface area contributed by atoms with E-state index in [1.54, 1.807) is 43.5 Å². The molecule has 5 rings (SSSR count). The highest BCUT2D eigenvalue weighted by Gasteiger charge is 2.22. The number of ether oxygens (including phenoxy) is 2. The van der Waals surface area contributed by atoms with Crippen molar-refractivity contribution in [3.8, 4) is 17.2 Å². The normalized spacial score (nSPS) is 11.3. The maximum Gasteiger partial charge on any atom is 0.331 e. The minimum atomic E-state index is -0.977. The van der Waals surface area contributed by atoms with E-state index in [-0.39, 0.29) is 11.4 Å². The monoisotopic (exact) mass is 543 g/mol. The first-order valence-electron chi connectivity index (χ1n) is 13.2. The Labute approximate surface area is 238 Å². The van der Waals surface area contributed by atoms with E-state index >= 15 is 0 Å². The van der Waals surface area contributed by atoms with Crippen LogP contribution in [0.2, 0.25) is 0 Å². The van der Waals surface area contributed by atoms with Crippen LogP contribution in [0, 0.1) is 13.8 Å². The molecule has 0 spiro atoms. The molecule has 0 saturated carbocycles. The van der Waals surface area contributed by atoms with Gasteiger partial charge in [0.25, 0.3) is 0 Å². The topological polar surface area (TPSA) is 85.7 Å². The third-order valence-electron chi connectivity index (χ3n) is 6.81. The summed E-state index contributed by atoms with van der Waals surface area (Å²) in [6, 6.07) is 28.2. The lowest BCUT2D eigenvalue weighted by atomic mass is 9.94. The first-order chi connectivity index (χ1) is 19.8. The molecule has 1 N–H and O–H groups in total. The smallest absolute Gasteiger partial charge is 0.331 e. The number of ketones is 1. The van der Waals surface area contributed by atoms with Crippen molar-refractivity contribution in [2.75, 3.05) is 0 Å². The first kappa shape index (κ1) is 27.3. The molecule has 0 bridgehead atoms. The van der Waals surface area contributed by atoms with Crippen molar-refractivity contribution in [2.45, 2.75) is 27.4 Å². The fourth-order valence-electron chi connectivity index (χ4n) is 4.62. The van der Waals surface area contributed by atoms with Gasteiger partial charge in [-0.2, -0.15) is 0 Å². The summed E-state index contributed by atoms with van der Waals surface area (Å²) >= 11 is 0. The standard InChI is InChI=1S/C35H29NO5/c1-22-8-7-9-23(2)32(22)33(37)30-20-36-31-19-28(40-21-26-10-5-4-6-11-26)16-17-29(31)34(30)41-27-14-12-25(13-15-27)18-24(3)35(38)39/h4-20H,21H2,1-3H3,(H,38,39)/b24-18+. The quantitative estimate of drug-likeness (QED) is 0.150. The van der Waals surface area contributed by atoms with E-state index in [4.69, 9.17) is 9.47 Å². The van der Waals surface area contributed by atoms with Crippen LogP contribution in [-0.4, -0.2) is 21.8 Å². The second-order valence-corrected chi connectivity index (χ2v) is 9.85. The molecule has 204 valence electrons. The number of benzene rings is 4. The summed E-state index contributed by atoms with van der Waals surface area (Å²) in [6.07, 6.45) is 3.14. The minimum absolute atomic E-state index is 0.175. The number of aromatic nitrogens is 1. The fraction of sp³-hybridized carbons (Fsp3) is 0.114. The molecule has 0 aliphatic rings. The van der Waals surface area contributed by atoms with E-state index in [2.05, 4.69) is 4.98 Å². The van der Waals surface area contributed by atoms with Gasteiger partial charge < -0.3 is 14.6 Å². The molecule has 0 unspecified atom stereocenters. The van der Waals surface area contributed by atoms with Crippen LogP contribution in [0.5, 0.6) is 17.2 Å². The summed E-state index contributed by atoms with van der Waals surface area (Å²) in [5.74, 6) is 0.393. The van der Waals surface area contributed by atoms with Crippen molar-refractivity contribution >= 4 is 28.7 Å². The molecule has 1 heterocycles. The highest BCUT2D eigenvalue weighted by Crippen LogP contribution is 2.36. The molecule has 5 aromatic rings. The van der Waals surface area contributed by atoms with Gasteiger partial charge in [-0.05, 0) is 73.4 Å². The van der Waals surface area contributed by atoms with Crippen LogP contribution in [0.4, 0.5) is 0 Å². The van der Waals surface area contributed by atoms with Crippen LogP contribution in [0.25, 0.3) is 17.0 Å². The van der Waals surface area contributed by atoms with Crippen molar-refractivity contribution in [1.82, 2.24) is 4.98 Å². The highest BCUT2D eigenvalue weighted by atomic mass is 16.5. The summed E-state index contributed by atoms with van der Waals surface area (Å²) in [5, 5.41) is 9.85. The number of hydrogen-bond acceptors (Lipinski definition) is 5. The Morgan fingerprint density at radius 3 is 2.22 bits per heavy atom. The molecule has 0 atom stereocenters. The van der Waals surface area contributed by atoms with Gasteiger partial charge in [0.2, 0.25) is 0 Å². The van der Waals surface area contributed by atoms with Gasteiger partial charge in [0.05, 0.1) is 11.1 Å². The van der Waals surface area contributed by atoms with E-state index in [0.717, 1.165) is 22.3 Å². The summed E-state index contributed by atoms with van der Waals surface area (Å²) < 4.78 is 12.4. The van der Waals surface area contributed by atoms with Crippen molar-refractivity contribution in [3.63, 3.8) is 0 Å². The Kier molecular flexibility index (Phi) is 7.92. The lowest BCUT2D eigenvalue weighted by Crippen LogP contribution is -2.09. The molecule has 0 saturated heterocycles. The second-order valence-electron chi connectivity index (χ2n) is 9.85. The van der Waals surface area contributed by atoms with Gasteiger partial charge in [0.15, 0.2) is 5.78 Å². The molecular weight excluding hydrogens is 514 g/mol. The number of rotatable bonds is 9. The highest BCUT2D eigenvalue weighted by molar-refractivity contribution is 6.14. The Balaban J connectivity index is 1.54. The molecule has 6 heteroatoms. The summed E-state index contributed by atoms with van der Waals surface area (Å²) in [7, 11) is 0. The van der Waals surface area contributed by atoms with E-state index < -0.39 is 5.97 Å². The predicted octanol–water partition coefficient (Wildman–Crippen LogP) is 7.94. The molecule has 0 amide bonds. The number of pyridine rings is 1. The van der Waals surface area contributed by atoms with Gasteiger partial charge in [-0.25, -0.2) is 4.79 Å². The SMILES string of the molecule is C/C(=C\c1ccc(Oc2c(C(=O)c3c(C)cccc3C)cnc3cc(OCc4ccccc4)ccc23)cc1)C(=O)O. The fourth-order valence-corrected chi connectivity index (χ4v) is 4.62. The molecule has 41 heavy (non-hydrogen) atoms. The summed E-state index contributed by atoms with van der Waals surface area (Å²) in [5.41, 5.74) is 5.33. The van der Waals surface area contributed by atoms with Crippen molar-refractivity contribution in [1.29, 1.82) is 0 Å². The third-order valence-corrected chi connectivity index (χ3v) is 6.81. The number of aryl methyl sites for hydroxylation is 2. The Hall–Kier alpha value is -5.23. The lowest BCUT2D eigenvalue weighted by Gasteiger charge is -2.16. The second kappa shape index (κ2) is 11.9. The molecule has 4 aromatic carbocycles. The number of nitrogens with zero attached hydrogens (tertiary/aromatic N) is 1. The molecule has 0 radical (unpaired) electrons. The average molecular weight is 544 g/mol. The number of fused-ring (bicyclic) bond motifs is 1. The maximum absolute atomic E-state index is 13.9. The predicted molar refractivity (Wildman–Crippen MR) is 160 cm³/mol. The molecule has 0 aliphatic carbocycles. The number of carbonyl (C=O) groups excluding carboxylic acids is 1. The number of carboxylic acid groups (broad SMARTS) is 1. The lowest BCUT2D eigenvalue weighted by molar-refractivity contribution is -0.132. The number of carbonyl (C=O) groups is 2. The number of hydrogen-bond donors (Lipinski definition) is 1. The average Bonchev–Trinajstić information content (AvgIpc) is 2.97. The van der Waals surface area contributed by atoms with Gasteiger partial charge in [0.1, 0.15) is 23.9 Å². The third kappa shape index (κ3) is 6.17. The molecule has 6 nitrogen and oxygen atoms in total. The van der Waals surface area contributed by atoms with Crippen molar-refractivity contribution in [2.24, 2.45) is 0 Å². The zero-order valence-corrected chi connectivity index (χ0v) is 23.0. The van der Waals surface area contributed by atoms with Crippen LogP contribution in [0.3, 0.4) is 0 Å². The Morgan fingerprint density at radius 2 is 1.54 bits per heavy atom. The van der Waals surface area contributed by atoms with E-state index in [1.165, 1.54) is 0 Å². The number of aliphatic carboxylic acids is 1. The van der Waals surface area contributed by atoms with E-state index in [0.29, 0.717) is 45.9 Å². The van der Waals surface area contributed by atoms with Gasteiger partial charge in [-0.1, -0.05) is 60.7 Å². The van der Waals surface area contributed by atoms with E-state index in [1.807, 2.05) is 80.6 Å². The van der Waals surface area contributed by atoms with Gasteiger partial charge in [-0.15, -0.1) is 0 Å². The van der Waals surface area contributed by atoms with Crippen molar-refractivity contribution in [3.05, 3.63) is 136 Å². The maximum atomic E-state index is 13.9. The summed E-state index contributed by atoms with van der Waals surface area (Å²) in [4.78, 5) is 29.7. The van der Waals surface area contributed by atoms with Crippen LogP contribution in [-0.2, 0) is 11.4 Å².